The Hall–Kier alpha value is -1.06. The predicted octanol–water partition coefficient (Wildman–Crippen LogP) is 2.64. The minimum atomic E-state index is 0.0887. The highest BCUT2D eigenvalue weighted by atomic mass is 35.5. The Bertz CT molecular complexity index is 391. The van der Waals surface area contributed by atoms with Crippen LogP contribution in [0.25, 0.3) is 0 Å². The summed E-state index contributed by atoms with van der Waals surface area (Å²) in [6.07, 6.45) is 0.397. The van der Waals surface area contributed by atoms with E-state index in [0.717, 1.165) is 5.02 Å². The lowest BCUT2D eigenvalue weighted by molar-refractivity contribution is -0.131. The molecule has 2 atom stereocenters. The van der Waals surface area contributed by atoms with E-state index in [1.807, 2.05) is 38.2 Å². The van der Waals surface area contributed by atoms with Crippen LogP contribution in [0, 0.1) is 0 Å². The van der Waals surface area contributed by atoms with Crippen molar-refractivity contribution in [1.82, 2.24) is 4.90 Å². The van der Waals surface area contributed by atoms with Gasteiger partial charge in [0.1, 0.15) is 0 Å². The summed E-state index contributed by atoms with van der Waals surface area (Å²) in [6, 6.07) is 7.89. The highest BCUT2D eigenvalue weighted by molar-refractivity contribution is 6.30. The molecule has 0 aliphatic heterocycles. The van der Waals surface area contributed by atoms with Crippen LogP contribution in [0.1, 0.15) is 31.7 Å². The van der Waals surface area contributed by atoms with Crippen molar-refractivity contribution in [2.24, 2.45) is 5.73 Å². The Balaban J connectivity index is 2.74. The molecular weight excluding hydrogens is 248 g/mol. The summed E-state index contributed by atoms with van der Waals surface area (Å²) < 4.78 is 0. The third-order valence-electron chi connectivity index (χ3n) is 3.48. The molecule has 4 heteroatoms. The average molecular weight is 269 g/mol. The van der Waals surface area contributed by atoms with Gasteiger partial charge < -0.3 is 10.6 Å². The number of amides is 1. The molecule has 1 aromatic carbocycles. The van der Waals surface area contributed by atoms with Crippen LogP contribution in [-0.2, 0) is 4.79 Å². The third kappa shape index (κ3) is 3.72. The number of carbonyl (C=O) groups excluding carboxylic acids is 1. The largest absolute Gasteiger partial charge is 0.342 e. The average Bonchev–Trinajstić information content (AvgIpc) is 2.37. The van der Waals surface area contributed by atoms with E-state index in [1.165, 1.54) is 5.56 Å². The Kier molecular flexibility index (Phi) is 5.63. The molecule has 0 bridgehead atoms. The normalized spacial score (nSPS) is 14.1. The van der Waals surface area contributed by atoms with Crippen molar-refractivity contribution in [3.63, 3.8) is 0 Å². The monoisotopic (exact) mass is 268 g/mol. The quantitative estimate of drug-likeness (QED) is 0.892. The van der Waals surface area contributed by atoms with Gasteiger partial charge in [-0.15, -0.1) is 0 Å². The van der Waals surface area contributed by atoms with E-state index in [-0.39, 0.29) is 17.9 Å². The number of benzene rings is 1. The summed E-state index contributed by atoms with van der Waals surface area (Å²) in [4.78, 5) is 13.6. The fourth-order valence-corrected chi connectivity index (χ4v) is 2.03. The van der Waals surface area contributed by atoms with Crippen LogP contribution in [0.15, 0.2) is 24.3 Å². The lowest BCUT2D eigenvalue weighted by Gasteiger charge is -2.30. The molecule has 100 valence electrons. The van der Waals surface area contributed by atoms with Crippen molar-refractivity contribution in [2.75, 3.05) is 13.6 Å². The zero-order chi connectivity index (χ0) is 13.7. The maximum absolute atomic E-state index is 11.8. The Morgan fingerprint density at radius 2 is 1.89 bits per heavy atom. The SMILES string of the molecule is C[C@H](c1ccc(Cl)cc1)[C@H](C)N(C)C(=O)CCN. The third-order valence-corrected chi connectivity index (χ3v) is 3.73. The second-order valence-corrected chi connectivity index (χ2v) is 5.06. The molecule has 1 aromatic rings. The van der Waals surface area contributed by atoms with Gasteiger partial charge in [-0.2, -0.15) is 0 Å². The summed E-state index contributed by atoms with van der Waals surface area (Å²) in [7, 11) is 1.83. The summed E-state index contributed by atoms with van der Waals surface area (Å²) >= 11 is 5.87. The number of hydrogen-bond donors (Lipinski definition) is 1. The van der Waals surface area contributed by atoms with Gasteiger partial charge in [0.25, 0.3) is 0 Å². The predicted molar refractivity (Wildman–Crippen MR) is 75.8 cm³/mol. The maximum atomic E-state index is 11.8. The Labute approximate surface area is 114 Å². The maximum Gasteiger partial charge on any atom is 0.223 e. The van der Waals surface area contributed by atoms with Crippen LogP contribution in [-0.4, -0.2) is 30.4 Å². The molecule has 1 amide bonds. The van der Waals surface area contributed by atoms with Crippen molar-refractivity contribution in [2.45, 2.75) is 32.2 Å². The van der Waals surface area contributed by atoms with Crippen LogP contribution in [0.2, 0.25) is 5.02 Å². The van der Waals surface area contributed by atoms with E-state index in [0.29, 0.717) is 13.0 Å². The number of nitrogens with two attached hydrogens (primary N) is 1. The van der Waals surface area contributed by atoms with E-state index >= 15 is 0 Å². The van der Waals surface area contributed by atoms with E-state index in [2.05, 4.69) is 6.92 Å². The second kappa shape index (κ2) is 6.76. The lowest BCUT2D eigenvalue weighted by Crippen LogP contribution is -2.39. The van der Waals surface area contributed by atoms with Crippen molar-refractivity contribution in [3.05, 3.63) is 34.9 Å². The van der Waals surface area contributed by atoms with Crippen molar-refractivity contribution < 1.29 is 4.79 Å². The van der Waals surface area contributed by atoms with Crippen molar-refractivity contribution >= 4 is 17.5 Å². The first-order valence-electron chi connectivity index (χ1n) is 6.18. The number of nitrogens with zero attached hydrogens (tertiary/aromatic N) is 1. The molecule has 0 fully saturated rings. The summed E-state index contributed by atoms with van der Waals surface area (Å²) in [6.45, 7) is 4.55. The van der Waals surface area contributed by atoms with Crippen LogP contribution in [0.4, 0.5) is 0 Å². The molecule has 0 radical (unpaired) electrons. The minimum absolute atomic E-state index is 0.0887. The van der Waals surface area contributed by atoms with Crippen LogP contribution < -0.4 is 5.73 Å². The minimum Gasteiger partial charge on any atom is -0.342 e. The van der Waals surface area contributed by atoms with E-state index in [4.69, 9.17) is 17.3 Å². The fraction of sp³-hybridized carbons (Fsp3) is 0.500. The summed E-state index contributed by atoms with van der Waals surface area (Å²) in [5.41, 5.74) is 6.59. The molecule has 0 aromatic heterocycles. The molecule has 18 heavy (non-hydrogen) atoms. The first-order valence-corrected chi connectivity index (χ1v) is 6.56. The number of likely N-dealkylation sites (N-methyl/N-ethyl adjacent to an activating group) is 1. The molecule has 0 aliphatic carbocycles. The molecule has 0 aliphatic rings. The topological polar surface area (TPSA) is 46.3 Å². The lowest BCUT2D eigenvalue weighted by atomic mass is 9.93. The molecule has 0 spiro atoms. The molecule has 0 unspecified atom stereocenters. The van der Waals surface area contributed by atoms with Gasteiger partial charge in [-0.3, -0.25) is 4.79 Å². The summed E-state index contributed by atoms with van der Waals surface area (Å²) in [5, 5.41) is 0.728. The molecular formula is C14H21ClN2O. The zero-order valence-electron chi connectivity index (χ0n) is 11.2. The second-order valence-electron chi connectivity index (χ2n) is 4.62. The molecule has 1 rings (SSSR count). The molecule has 0 saturated heterocycles. The smallest absolute Gasteiger partial charge is 0.223 e. The summed E-state index contributed by atoms with van der Waals surface area (Å²) in [5.74, 6) is 0.347. The molecule has 0 saturated carbocycles. The molecule has 0 heterocycles. The van der Waals surface area contributed by atoms with Crippen molar-refractivity contribution in [3.8, 4) is 0 Å². The fourth-order valence-electron chi connectivity index (χ4n) is 1.91. The van der Waals surface area contributed by atoms with Gasteiger partial charge >= 0.3 is 0 Å². The Morgan fingerprint density at radius 3 is 2.39 bits per heavy atom. The van der Waals surface area contributed by atoms with E-state index in [1.54, 1.807) is 4.90 Å². The van der Waals surface area contributed by atoms with Crippen molar-refractivity contribution in [1.29, 1.82) is 0 Å². The van der Waals surface area contributed by atoms with Gasteiger partial charge in [0.2, 0.25) is 5.91 Å². The number of rotatable bonds is 5. The van der Waals surface area contributed by atoms with Gasteiger partial charge in [-0.05, 0) is 24.6 Å². The van der Waals surface area contributed by atoms with Gasteiger partial charge in [0.15, 0.2) is 0 Å². The van der Waals surface area contributed by atoms with Crippen LogP contribution in [0.3, 0.4) is 0 Å². The van der Waals surface area contributed by atoms with E-state index < -0.39 is 0 Å². The number of hydrogen-bond acceptors (Lipinski definition) is 2. The zero-order valence-corrected chi connectivity index (χ0v) is 11.9. The van der Waals surface area contributed by atoms with Gasteiger partial charge in [-0.25, -0.2) is 0 Å². The highest BCUT2D eigenvalue weighted by Crippen LogP contribution is 2.24. The standard InChI is InChI=1S/C14H21ClN2O/c1-10(12-4-6-13(15)7-5-12)11(2)17(3)14(18)8-9-16/h4-7,10-11H,8-9,16H2,1-3H3/t10-,11-/m0/s1. The van der Waals surface area contributed by atoms with Gasteiger partial charge in [0, 0.05) is 37.0 Å². The number of halogens is 1. The molecule has 3 nitrogen and oxygen atoms in total. The number of carbonyl (C=O) groups is 1. The van der Waals surface area contributed by atoms with Gasteiger partial charge in [-0.1, -0.05) is 30.7 Å². The first-order chi connectivity index (χ1) is 8.47. The van der Waals surface area contributed by atoms with E-state index in [9.17, 15) is 4.79 Å². The van der Waals surface area contributed by atoms with Crippen LogP contribution >= 0.6 is 11.6 Å². The highest BCUT2D eigenvalue weighted by Gasteiger charge is 2.21. The molecule has 2 N–H and O–H groups in total. The Morgan fingerprint density at radius 1 is 1.33 bits per heavy atom. The van der Waals surface area contributed by atoms with Crippen LogP contribution in [0.5, 0.6) is 0 Å². The van der Waals surface area contributed by atoms with Gasteiger partial charge in [0.05, 0.1) is 0 Å². The first kappa shape index (κ1) is 15.0.